The Kier molecular flexibility index (Phi) is 7.95. The summed E-state index contributed by atoms with van der Waals surface area (Å²) in [4.78, 5) is 26.7. The van der Waals surface area contributed by atoms with Gasteiger partial charge in [-0.3, -0.25) is 4.79 Å². The van der Waals surface area contributed by atoms with Crippen LogP contribution < -0.4 is 19.5 Å². The van der Waals surface area contributed by atoms with Gasteiger partial charge in [-0.1, -0.05) is 37.3 Å². The number of carbonyl (C=O) groups is 2. The number of esters is 1. The van der Waals surface area contributed by atoms with Crippen molar-refractivity contribution in [3.8, 4) is 17.2 Å². The maximum absolute atomic E-state index is 13.1. The molecule has 1 heterocycles. The molecule has 0 saturated carbocycles. The van der Waals surface area contributed by atoms with E-state index in [1.807, 2.05) is 30.3 Å². The van der Waals surface area contributed by atoms with E-state index in [1.165, 1.54) is 32.7 Å². The monoisotopic (exact) mass is 469 g/mol. The topological polar surface area (TPSA) is 83.1 Å². The van der Waals surface area contributed by atoms with Crippen molar-refractivity contribution in [2.75, 3.05) is 33.3 Å². The first-order valence-corrected chi connectivity index (χ1v) is 11.2. The number of nitrogens with one attached hydrogen (secondary N) is 1. The van der Waals surface area contributed by atoms with Crippen LogP contribution in [-0.2, 0) is 4.74 Å². The molecule has 0 aliphatic rings. The fraction of sp³-hybridized carbons (Fsp3) is 0.280. The average Bonchev–Trinajstić information content (AvgIpc) is 3.26. The summed E-state index contributed by atoms with van der Waals surface area (Å²) in [6.07, 6.45) is 0. The third-order valence-corrected chi connectivity index (χ3v) is 6.36. The van der Waals surface area contributed by atoms with Crippen LogP contribution >= 0.6 is 11.3 Å². The number of thiophene rings is 1. The lowest BCUT2D eigenvalue weighted by Crippen LogP contribution is -2.14. The zero-order chi connectivity index (χ0) is 24.0. The van der Waals surface area contributed by atoms with Crippen molar-refractivity contribution in [1.82, 2.24) is 0 Å². The van der Waals surface area contributed by atoms with Gasteiger partial charge in [-0.05, 0) is 30.7 Å². The Hall–Kier alpha value is -3.52. The highest BCUT2D eigenvalue weighted by atomic mass is 32.1. The van der Waals surface area contributed by atoms with Crippen LogP contribution in [0.25, 0.3) is 0 Å². The largest absolute Gasteiger partial charge is 0.493 e. The van der Waals surface area contributed by atoms with E-state index in [-0.39, 0.29) is 12.5 Å². The average molecular weight is 470 g/mol. The summed E-state index contributed by atoms with van der Waals surface area (Å²) < 4.78 is 21.2. The van der Waals surface area contributed by atoms with Gasteiger partial charge >= 0.3 is 5.97 Å². The second-order valence-electron chi connectivity index (χ2n) is 7.11. The Bertz CT molecular complexity index is 1100. The van der Waals surface area contributed by atoms with Gasteiger partial charge in [0.05, 0.1) is 33.5 Å². The van der Waals surface area contributed by atoms with Crippen molar-refractivity contribution in [2.45, 2.75) is 19.8 Å². The molecule has 0 radical (unpaired) electrons. The van der Waals surface area contributed by atoms with Gasteiger partial charge in [0.25, 0.3) is 5.91 Å². The second-order valence-corrected chi connectivity index (χ2v) is 8.20. The van der Waals surface area contributed by atoms with E-state index in [2.05, 4.69) is 12.2 Å². The molecule has 1 N–H and O–H groups in total. The number of carbonyl (C=O) groups excluding carboxylic acids is 2. The number of hydrogen-bond acceptors (Lipinski definition) is 7. The Morgan fingerprint density at radius 2 is 1.61 bits per heavy atom. The molecule has 0 unspecified atom stereocenters. The molecule has 0 aliphatic carbocycles. The highest BCUT2D eigenvalue weighted by Gasteiger charge is 2.24. The number of rotatable bonds is 9. The summed E-state index contributed by atoms with van der Waals surface area (Å²) in [5.41, 5.74) is 1.72. The first-order valence-electron chi connectivity index (χ1n) is 10.4. The summed E-state index contributed by atoms with van der Waals surface area (Å²) in [6.45, 7) is 4.03. The minimum Gasteiger partial charge on any atom is -0.493 e. The van der Waals surface area contributed by atoms with E-state index in [9.17, 15) is 9.59 Å². The maximum Gasteiger partial charge on any atom is 0.341 e. The van der Waals surface area contributed by atoms with Crippen molar-refractivity contribution < 1.29 is 28.5 Å². The highest BCUT2D eigenvalue weighted by Crippen LogP contribution is 2.40. The molecule has 1 amide bonds. The van der Waals surface area contributed by atoms with Crippen molar-refractivity contribution >= 4 is 28.2 Å². The summed E-state index contributed by atoms with van der Waals surface area (Å²) >= 11 is 1.35. The lowest BCUT2D eigenvalue weighted by Gasteiger charge is -2.14. The molecular formula is C25H27NO6S. The molecule has 1 aromatic heterocycles. The van der Waals surface area contributed by atoms with Gasteiger partial charge in [0.2, 0.25) is 5.75 Å². The first-order chi connectivity index (χ1) is 15.9. The van der Waals surface area contributed by atoms with Gasteiger partial charge in [0, 0.05) is 16.4 Å². The van der Waals surface area contributed by atoms with E-state index < -0.39 is 11.9 Å². The molecule has 0 fully saturated rings. The van der Waals surface area contributed by atoms with Crippen LogP contribution in [0, 0.1) is 0 Å². The van der Waals surface area contributed by atoms with Crippen molar-refractivity contribution in [3.63, 3.8) is 0 Å². The highest BCUT2D eigenvalue weighted by molar-refractivity contribution is 7.16. The van der Waals surface area contributed by atoms with E-state index in [0.29, 0.717) is 33.4 Å². The number of methoxy groups -OCH3 is 3. The smallest absolute Gasteiger partial charge is 0.341 e. The van der Waals surface area contributed by atoms with Gasteiger partial charge in [0.15, 0.2) is 11.5 Å². The van der Waals surface area contributed by atoms with Crippen molar-refractivity contribution in [1.29, 1.82) is 0 Å². The number of anilines is 1. The molecule has 174 valence electrons. The Morgan fingerprint density at radius 1 is 0.970 bits per heavy atom. The number of hydrogen-bond donors (Lipinski definition) is 1. The molecule has 33 heavy (non-hydrogen) atoms. The van der Waals surface area contributed by atoms with Gasteiger partial charge in [-0.2, -0.15) is 0 Å². The molecule has 3 aromatic rings. The maximum atomic E-state index is 13.1. The van der Waals surface area contributed by atoms with Gasteiger partial charge in [0.1, 0.15) is 5.00 Å². The molecule has 0 saturated heterocycles. The van der Waals surface area contributed by atoms with Crippen LogP contribution in [0.2, 0.25) is 0 Å². The standard InChI is InChI=1S/C25H27NO6S/c1-6-32-25(28)18-14-21(15(2)16-10-8-7-9-11-16)33-24(18)26-23(27)17-12-19(29-3)22(31-5)20(13-17)30-4/h7-15H,6H2,1-5H3,(H,26,27)/t15-/m0/s1. The van der Waals surface area contributed by atoms with Crippen molar-refractivity contribution in [2.24, 2.45) is 0 Å². The minimum absolute atomic E-state index is 0.0382. The summed E-state index contributed by atoms with van der Waals surface area (Å²) in [5, 5.41) is 3.28. The van der Waals surface area contributed by atoms with E-state index in [1.54, 1.807) is 25.1 Å². The van der Waals surface area contributed by atoms with Gasteiger partial charge < -0.3 is 24.3 Å². The molecule has 0 aliphatic heterocycles. The zero-order valence-corrected chi connectivity index (χ0v) is 20.1. The minimum atomic E-state index is -0.486. The second kappa shape index (κ2) is 10.9. The predicted molar refractivity (Wildman–Crippen MR) is 128 cm³/mol. The molecule has 1 atom stereocenters. The van der Waals surface area contributed by atoms with Crippen LogP contribution in [0.15, 0.2) is 48.5 Å². The molecular weight excluding hydrogens is 442 g/mol. The van der Waals surface area contributed by atoms with Gasteiger partial charge in [-0.15, -0.1) is 11.3 Å². The number of ether oxygens (including phenoxy) is 4. The van der Waals surface area contributed by atoms with E-state index >= 15 is 0 Å². The SMILES string of the molecule is CCOC(=O)c1cc([C@@H](C)c2ccccc2)sc1NC(=O)c1cc(OC)c(OC)c(OC)c1. The molecule has 8 heteroatoms. The lowest BCUT2D eigenvalue weighted by atomic mass is 9.99. The molecule has 7 nitrogen and oxygen atoms in total. The molecule has 2 aromatic carbocycles. The summed E-state index contributed by atoms with van der Waals surface area (Å²) in [5.74, 6) is 0.241. The van der Waals surface area contributed by atoms with E-state index in [4.69, 9.17) is 18.9 Å². The van der Waals surface area contributed by atoms with Crippen LogP contribution in [0.3, 0.4) is 0 Å². The number of benzene rings is 2. The van der Waals surface area contributed by atoms with Crippen LogP contribution in [0.4, 0.5) is 5.00 Å². The van der Waals surface area contributed by atoms with Gasteiger partial charge in [-0.25, -0.2) is 4.79 Å². The quantitative estimate of drug-likeness (QED) is 0.425. The normalized spacial score (nSPS) is 11.4. The summed E-state index contributed by atoms with van der Waals surface area (Å²) in [7, 11) is 4.45. The fourth-order valence-corrected chi connectivity index (χ4v) is 4.49. The Morgan fingerprint density at radius 3 is 2.15 bits per heavy atom. The zero-order valence-electron chi connectivity index (χ0n) is 19.3. The molecule has 0 bridgehead atoms. The molecule has 3 rings (SSSR count). The summed E-state index contributed by atoms with van der Waals surface area (Å²) in [6, 6.07) is 14.9. The number of amides is 1. The lowest BCUT2D eigenvalue weighted by molar-refractivity contribution is 0.0528. The first kappa shape index (κ1) is 24.1. The van der Waals surface area contributed by atoms with Crippen LogP contribution in [0.5, 0.6) is 17.2 Å². The molecule has 0 spiro atoms. The Labute approximate surface area is 197 Å². The fourth-order valence-electron chi connectivity index (χ4n) is 3.37. The van der Waals surface area contributed by atoms with E-state index in [0.717, 1.165) is 10.4 Å². The van der Waals surface area contributed by atoms with Crippen LogP contribution in [0.1, 0.15) is 50.9 Å². The van der Waals surface area contributed by atoms with Crippen LogP contribution in [-0.4, -0.2) is 39.8 Å². The Balaban J connectivity index is 1.97. The third kappa shape index (κ3) is 5.28. The third-order valence-electron chi connectivity index (χ3n) is 5.13. The van der Waals surface area contributed by atoms with Crippen molar-refractivity contribution in [3.05, 3.63) is 70.1 Å². The predicted octanol–water partition coefficient (Wildman–Crippen LogP) is 5.35.